The Labute approximate surface area is 197 Å². The Bertz CT molecular complexity index is 1180. The van der Waals surface area contributed by atoms with Gasteiger partial charge in [0.2, 0.25) is 11.6 Å². The highest BCUT2D eigenvalue weighted by molar-refractivity contribution is 6.47. The van der Waals surface area contributed by atoms with Crippen LogP contribution in [-0.2, 0) is 15.1 Å². The fourth-order valence-corrected chi connectivity index (χ4v) is 2.85. The third-order valence-corrected chi connectivity index (χ3v) is 4.31. The number of hydrogen-bond donors (Lipinski definition) is 4. The maximum absolute atomic E-state index is 11.9. The van der Waals surface area contributed by atoms with Gasteiger partial charge >= 0.3 is 6.09 Å². The lowest BCUT2D eigenvalue weighted by atomic mass is 10.0. The molecule has 1 heterocycles. The predicted molar refractivity (Wildman–Crippen MR) is 118 cm³/mol. The van der Waals surface area contributed by atoms with Gasteiger partial charge in [-0.15, -0.1) is 5.10 Å². The van der Waals surface area contributed by atoms with Crippen LogP contribution in [0.25, 0.3) is 0 Å². The van der Waals surface area contributed by atoms with Crippen LogP contribution in [0.3, 0.4) is 0 Å². The average molecular weight is 497 g/mol. The van der Waals surface area contributed by atoms with E-state index in [1.54, 1.807) is 6.92 Å². The summed E-state index contributed by atoms with van der Waals surface area (Å²) in [7, 11) is 0. The smallest absolute Gasteiger partial charge is 0.414 e. The molecule has 0 saturated carbocycles. The van der Waals surface area contributed by atoms with E-state index in [1.165, 1.54) is 38.1 Å². The molecule has 0 aliphatic heterocycles. The molecule has 1 aromatic heterocycles. The number of rotatable bonds is 7. The summed E-state index contributed by atoms with van der Waals surface area (Å²) in [4.78, 5) is 35.0. The monoisotopic (exact) mass is 496 g/mol. The van der Waals surface area contributed by atoms with E-state index >= 15 is 0 Å². The van der Waals surface area contributed by atoms with E-state index in [9.17, 15) is 19.5 Å². The number of nitrogens with zero attached hydrogens (tertiary/aromatic N) is 3. The molecule has 4 N–H and O–H groups in total. The lowest BCUT2D eigenvalue weighted by molar-refractivity contribution is -0.114. The SMILES string of the molecule is CCOC(=O)NC(=O)/C(C#N)=N/Nc1cc(Cl)c(Oc2cc(C(C)(C)O)c(=O)[nH]n2)c(Cl)c1. The minimum Gasteiger partial charge on any atom is -0.450 e. The molecule has 0 fully saturated rings. The maximum Gasteiger partial charge on any atom is 0.414 e. The Morgan fingerprint density at radius 3 is 2.48 bits per heavy atom. The number of aliphatic hydroxyl groups is 1. The van der Waals surface area contributed by atoms with E-state index < -0.39 is 28.9 Å². The van der Waals surface area contributed by atoms with Crippen molar-refractivity contribution in [2.24, 2.45) is 5.10 Å². The number of carbonyl (C=O) groups is 2. The van der Waals surface area contributed by atoms with E-state index in [0.717, 1.165) is 0 Å². The van der Waals surface area contributed by atoms with Crippen LogP contribution >= 0.6 is 23.2 Å². The fraction of sp³-hybridized carbons (Fsp3) is 0.263. The van der Waals surface area contributed by atoms with Gasteiger partial charge in [0.1, 0.15) is 6.07 Å². The highest BCUT2D eigenvalue weighted by atomic mass is 35.5. The number of benzene rings is 1. The highest BCUT2D eigenvalue weighted by Crippen LogP contribution is 2.38. The third-order valence-electron chi connectivity index (χ3n) is 3.75. The predicted octanol–water partition coefficient (Wildman–Crippen LogP) is 2.66. The van der Waals surface area contributed by atoms with Gasteiger partial charge in [0.25, 0.3) is 11.5 Å². The fourth-order valence-electron chi connectivity index (χ4n) is 2.29. The Balaban J connectivity index is 2.23. The minimum absolute atomic E-state index is 0.00695. The van der Waals surface area contributed by atoms with E-state index in [0.29, 0.717) is 0 Å². The van der Waals surface area contributed by atoms with Crippen molar-refractivity contribution in [2.45, 2.75) is 26.4 Å². The summed E-state index contributed by atoms with van der Waals surface area (Å²) < 4.78 is 10.1. The van der Waals surface area contributed by atoms with Gasteiger partial charge in [-0.2, -0.15) is 10.4 Å². The largest absolute Gasteiger partial charge is 0.450 e. The molecule has 0 aliphatic carbocycles. The molecule has 0 atom stereocenters. The van der Waals surface area contributed by atoms with Gasteiger partial charge in [-0.05, 0) is 32.9 Å². The summed E-state index contributed by atoms with van der Waals surface area (Å²) in [5.74, 6) is -1.18. The Morgan fingerprint density at radius 2 is 1.94 bits per heavy atom. The molecule has 0 aliphatic rings. The molecule has 2 aromatic rings. The average Bonchev–Trinajstić information content (AvgIpc) is 2.71. The minimum atomic E-state index is -1.45. The number of carbonyl (C=O) groups excluding carboxylic acids is 2. The molecule has 14 heteroatoms. The zero-order valence-electron chi connectivity index (χ0n) is 17.5. The lowest BCUT2D eigenvalue weighted by Crippen LogP contribution is -2.36. The molecular formula is C19H18Cl2N6O6. The topological polar surface area (TPSA) is 179 Å². The second kappa shape index (κ2) is 10.8. The molecule has 0 unspecified atom stereocenters. The Hall–Kier alpha value is -3.66. The van der Waals surface area contributed by atoms with Gasteiger partial charge in [0.15, 0.2) is 5.75 Å². The summed E-state index contributed by atoms with van der Waals surface area (Å²) in [5, 5.41) is 30.5. The quantitative estimate of drug-likeness (QED) is 0.331. The van der Waals surface area contributed by atoms with Crippen molar-refractivity contribution in [3.8, 4) is 17.7 Å². The van der Waals surface area contributed by atoms with Crippen molar-refractivity contribution in [3.63, 3.8) is 0 Å². The van der Waals surface area contributed by atoms with Crippen LogP contribution in [0, 0.1) is 11.3 Å². The second-order valence-electron chi connectivity index (χ2n) is 6.74. The molecule has 174 valence electrons. The first-order chi connectivity index (χ1) is 15.5. The number of alkyl carbamates (subject to hydrolysis) is 1. The number of H-pyrrole nitrogens is 1. The van der Waals surface area contributed by atoms with Gasteiger partial charge in [0.05, 0.1) is 33.5 Å². The number of aromatic nitrogens is 2. The molecule has 0 radical (unpaired) electrons. The second-order valence-corrected chi connectivity index (χ2v) is 7.55. The van der Waals surface area contributed by atoms with Gasteiger partial charge < -0.3 is 14.6 Å². The first-order valence-electron chi connectivity index (χ1n) is 9.17. The van der Waals surface area contributed by atoms with Gasteiger partial charge in [-0.1, -0.05) is 23.2 Å². The van der Waals surface area contributed by atoms with Crippen molar-refractivity contribution in [3.05, 3.63) is 44.2 Å². The molecule has 2 amide bonds. The zero-order chi connectivity index (χ0) is 24.8. The molecule has 0 bridgehead atoms. The summed E-state index contributed by atoms with van der Waals surface area (Å²) in [6, 6.07) is 5.43. The maximum atomic E-state index is 11.9. The van der Waals surface area contributed by atoms with Crippen LogP contribution in [0.4, 0.5) is 10.5 Å². The normalized spacial score (nSPS) is 11.4. The van der Waals surface area contributed by atoms with E-state index in [1.807, 2.05) is 5.32 Å². The van der Waals surface area contributed by atoms with Crippen LogP contribution in [0.1, 0.15) is 26.3 Å². The molecular weight excluding hydrogens is 479 g/mol. The van der Waals surface area contributed by atoms with Crippen molar-refractivity contribution in [2.75, 3.05) is 12.0 Å². The number of hydrogen-bond acceptors (Lipinski definition) is 10. The number of nitriles is 1. The lowest BCUT2D eigenvalue weighted by Gasteiger charge is -2.17. The molecule has 33 heavy (non-hydrogen) atoms. The van der Waals surface area contributed by atoms with E-state index in [-0.39, 0.29) is 39.5 Å². The van der Waals surface area contributed by atoms with Gasteiger partial charge in [0, 0.05) is 6.07 Å². The van der Waals surface area contributed by atoms with Gasteiger partial charge in [-0.25, -0.2) is 9.89 Å². The summed E-state index contributed by atoms with van der Waals surface area (Å²) in [6.45, 7) is 4.43. The zero-order valence-corrected chi connectivity index (χ0v) is 19.0. The third kappa shape index (κ3) is 6.91. The number of aromatic amines is 1. The molecule has 0 saturated heterocycles. The number of hydrazone groups is 1. The van der Waals surface area contributed by atoms with E-state index in [4.69, 9.17) is 33.2 Å². The highest BCUT2D eigenvalue weighted by Gasteiger charge is 2.22. The standard InChI is InChI=1S/C19H18Cl2N6O6/c1-4-32-18(30)23-17(29)13(8-22)25-24-9-5-11(20)15(12(21)6-9)33-14-7-10(19(2,3)31)16(28)27-26-14/h5-7,24,31H,4H2,1-3H3,(H,27,28)(H,23,29,30)/b25-13+. The summed E-state index contributed by atoms with van der Waals surface area (Å²) in [6.07, 6.45) is -1.03. The number of halogens is 2. The summed E-state index contributed by atoms with van der Waals surface area (Å²) >= 11 is 12.4. The van der Waals surface area contributed by atoms with Crippen LogP contribution < -0.4 is 21.0 Å². The molecule has 2 rings (SSSR count). The van der Waals surface area contributed by atoms with E-state index in [2.05, 4.69) is 25.5 Å². The van der Waals surface area contributed by atoms with Crippen molar-refractivity contribution < 1.29 is 24.2 Å². The van der Waals surface area contributed by atoms with Crippen LogP contribution in [0.15, 0.2) is 28.1 Å². The van der Waals surface area contributed by atoms with Crippen molar-refractivity contribution in [1.29, 1.82) is 5.26 Å². The Kier molecular flexibility index (Phi) is 8.36. The number of ether oxygens (including phenoxy) is 2. The molecule has 12 nitrogen and oxygen atoms in total. The van der Waals surface area contributed by atoms with Crippen LogP contribution in [-0.4, -0.2) is 39.6 Å². The summed E-state index contributed by atoms with van der Waals surface area (Å²) in [5.41, 5.74) is -0.0895. The number of imide groups is 1. The first-order valence-corrected chi connectivity index (χ1v) is 9.93. The van der Waals surface area contributed by atoms with Crippen molar-refractivity contribution in [1.82, 2.24) is 15.5 Å². The number of anilines is 1. The number of nitrogens with one attached hydrogen (secondary N) is 3. The van der Waals surface area contributed by atoms with Crippen LogP contribution in [0.2, 0.25) is 10.0 Å². The molecule has 1 aromatic carbocycles. The first kappa shape index (κ1) is 25.6. The molecule has 0 spiro atoms. The van der Waals surface area contributed by atoms with Crippen LogP contribution in [0.5, 0.6) is 11.6 Å². The Morgan fingerprint density at radius 1 is 1.30 bits per heavy atom. The van der Waals surface area contributed by atoms with Gasteiger partial charge in [-0.3, -0.25) is 20.3 Å². The van der Waals surface area contributed by atoms with Crippen molar-refractivity contribution >= 4 is 46.6 Å². The number of amides is 2.